The van der Waals surface area contributed by atoms with Crippen LogP contribution in [0.4, 0.5) is 0 Å². The molecule has 1 saturated heterocycles. The summed E-state index contributed by atoms with van der Waals surface area (Å²) in [5.41, 5.74) is -1.08. The van der Waals surface area contributed by atoms with Crippen LogP contribution in [0.2, 0.25) is 0 Å². The fourth-order valence-electron chi connectivity index (χ4n) is 7.42. The van der Waals surface area contributed by atoms with E-state index in [0.29, 0.717) is 12.8 Å². The molecule has 0 spiro atoms. The first-order chi connectivity index (χ1) is 22.8. The molecule has 5 atom stereocenters. The van der Waals surface area contributed by atoms with E-state index in [2.05, 4.69) is 21.3 Å². The lowest BCUT2D eigenvalue weighted by atomic mass is 9.83. The predicted octanol–water partition coefficient (Wildman–Crippen LogP) is 2.19. The van der Waals surface area contributed by atoms with Gasteiger partial charge in [0.2, 0.25) is 23.6 Å². The van der Waals surface area contributed by atoms with Crippen LogP contribution in [-0.2, 0) is 24.0 Å². The Morgan fingerprint density at radius 1 is 0.854 bits per heavy atom. The number of likely N-dealkylation sites (tertiary alicyclic amines) is 1. The van der Waals surface area contributed by atoms with Crippen molar-refractivity contribution in [3.05, 3.63) is 35.4 Å². The first-order valence-corrected chi connectivity index (χ1v) is 17.1. The van der Waals surface area contributed by atoms with Crippen LogP contribution in [0.25, 0.3) is 0 Å². The highest BCUT2D eigenvalue weighted by atomic mass is 16.4. The van der Waals surface area contributed by atoms with Crippen molar-refractivity contribution in [3.8, 4) is 0 Å². The van der Waals surface area contributed by atoms with Gasteiger partial charge in [-0.3, -0.25) is 24.0 Å². The lowest BCUT2D eigenvalue weighted by molar-refractivity contribution is -0.146. The highest BCUT2D eigenvalue weighted by molar-refractivity contribution is 6.05. The lowest BCUT2D eigenvalue weighted by Gasteiger charge is -2.39. The molecule has 1 aromatic carbocycles. The average Bonchev–Trinajstić information content (AvgIpc) is 3.47. The van der Waals surface area contributed by atoms with Gasteiger partial charge in [0.25, 0.3) is 5.91 Å². The van der Waals surface area contributed by atoms with Crippen LogP contribution in [-0.4, -0.2) is 89.1 Å². The summed E-state index contributed by atoms with van der Waals surface area (Å²) in [6.07, 6.45) is 9.54. The van der Waals surface area contributed by atoms with Crippen LogP contribution in [0.5, 0.6) is 0 Å². The van der Waals surface area contributed by atoms with Crippen LogP contribution >= 0.6 is 0 Å². The number of nitrogens with zero attached hydrogens (tertiary/aromatic N) is 1. The molecule has 0 aromatic heterocycles. The molecule has 0 radical (unpaired) electrons. The second-order valence-electron chi connectivity index (χ2n) is 14.4. The monoisotopic (exact) mass is 667 g/mol. The largest absolute Gasteiger partial charge is 0.478 e. The van der Waals surface area contributed by atoms with Gasteiger partial charge in [-0.1, -0.05) is 65.0 Å². The first-order valence-electron chi connectivity index (χ1n) is 17.1. The second-order valence-corrected chi connectivity index (χ2v) is 14.4. The number of fused-ring (bicyclic) bond motifs is 1. The molecule has 13 heteroatoms. The van der Waals surface area contributed by atoms with Crippen LogP contribution < -0.4 is 21.3 Å². The number of aldehydes is 1. The Bertz CT molecular complexity index is 1380. The van der Waals surface area contributed by atoms with E-state index in [9.17, 15) is 38.7 Å². The third-order valence-electron chi connectivity index (χ3n) is 9.93. The van der Waals surface area contributed by atoms with Crippen LogP contribution in [0.15, 0.2) is 24.3 Å². The third kappa shape index (κ3) is 8.99. The Labute approximate surface area is 281 Å². The van der Waals surface area contributed by atoms with Gasteiger partial charge in [-0.05, 0) is 61.5 Å². The molecule has 2 saturated carbocycles. The number of carbonyl (C=O) groups is 7. The zero-order valence-corrected chi connectivity index (χ0v) is 28.1. The minimum atomic E-state index is -1.28. The topological polar surface area (TPSA) is 191 Å². The number of hydrogen-bond donors (Lipinski definition) is 5. The van der Waals surface area contributed by atoms with E-state index in [-0.39, 0.29) is 35.5 Å². The zero-order valence-electron chi connectivity index (χ0n) is 28.1. The van der Waals surface area contributed by atoms with E-state index in [1.54, 1.807) is 25.7 Å². The molecule has 3 aliphatic rings. The summed E-state index contributed by atoms with van der Waals surface area (Å²) in [6, 6.07) is 2.96. The summed E-state index contributed by atoms with van der Waals surface area (Å²) in [7, 11) is 0. The molecule has 3 fully saturated rings. The Balaban J connectivity index is 1.42. The van der Waals surface area contributed by atoms with Crippen molar-refractivity contribution in [2.45, 2.75) is 109 Å². The van der Waals surface area contributed by atoms with E-state index < -0.39 is 65.6 Å². The molecular weight excluding hydrogens is 618 g/mol. The smallest absolute Gasteiger partial charge is 0.336 e. The lowest BCUT2D eigenvalue weighted by Crippen LogP contribution is -2.60. The van der Waals surface area contributed by atoms with Gasteiger partial charge in [-0.15, -0.1) is 0 Å². The molecule has 1 heterocycles. The van der Waals surface area contributed by atoms with Gasteiger partial charge in [0.15, 0.2) is 0 Å². The van der Waals surface area contributed by atoms with Crippen molar-refractivity contribution in [2.24, 2.45) is 17.3 Å². The van der Waals surface area contributed by atoms with E-state index >= 15 is 0 Å². The summed E-state index contributed by atoms with van der Waals surface area (Å²) in [4.78, 5) is 91.4. The number of carbonyl (C=O) groups excluding carboxylic acids is 6. The number of carboxylic acid groups (broad SMARTS) is 1. The van der Waals surface area contributed by atoms with Crippen molar-refractivity contribution in [3.63, 3.8) is 0 Å². The molecule has 262 valence electrons. The maximum absolute atomic E-state index is 14.3. The van der Waals surface area contributed by atoms with Gasteiger partial charge >= 0.3 is 5.97 Å². The number of benzene rings is 1. The molecule has 5 N–H and O–H groups in total. The molecule has 2 aliphatic carbocycles. The SMILES string of the molecule is CC(C)(C)C(NC(=O)CNC(=O)c1ccccc1C(=O)O)C(=O)N1C(C(=O)NCC(=O)NC(C=O)C2CCCCC2)CC2CCCCC21. The fourth-order valence-corrected chi connectivity index (χ4v) is 7.42. The summed E-state index contributed by atoms with van der Waals surface area (Å²) in [5, 5.41) is 20.0. The zero-order chi connectivity index (χ0) is 35.0. The van der Waals surface area contributed by atoms with Crippen molar-refractivity contribution < 1.29 is 38.7 Å². The molecule has 48 heavy (non-hydrogen) atoms. The molecule has 1 aliphatic heterocycles. The molecule has 4 rings (SSSR count). The number of carboxylic acids is 1. The maximum atomic E-state index is 14.3. The van der Waals surface area contributed by atoms with Gasteiger partial charge in [-0.25, -0.2) is 4.79 Å². The van der Waals surface area contributed by atoms with E-state index in [1.165, 1.54) is 24.3 Å². The highest BCUT2D eigenvalue weighted by Gasteiger charge is 2.50. The molecule has 5 unspecified atom stereocenters. The van der Waals surface area contributed by atoms with E-state index in [0.717, 1.165) is 57.7 Å². The van der Waals surface area contributed by atoms with E-state index in [4.69, 9.17) is 0 Å². The Morgan fingerprint density at radius 2 is 1.46 bits per heavy atom. The maximum Gasteiger partial charge on any atom is 0.336 e. The molecule has 0 bridgehead atoms. The first kappa shape index (κ1) is 36.5. The predicted molar refractivity (Wildman–Crippen MR) is 176 cm³/mol. The number of nitrogens with one attached hydrogen (secondary N) is 4. The summed E-state index contributed by atoms with van der Waals surface area (Å²) in [6.45, 7) is 4.55. The fraction of sp³-hybridized carbons (Fsp3) is 0.629. The molecule has 5 amide bonds. The quantitative estimate of drug-likeness (QED) is 0.210. The van der Waals surface area contributed by atoms with E-state index in [1.807, 2.05) is 0 Å². The Hall–Kier alpha value is -4.29. The van der Waals surface area contributed by atoms with Gasteiger partial charge < -0.3 is 36.1 Å². The normalized spacial score (nSPS) is 22.4. The van der Waals surface area contributed by atoms with Crippen molar-refractivity contribution in [2.75, 3.05) is 13.1 Å². The van der Waals surface area contributed by atoms with Gasteiger partial charge in [-0.2, -0.15) is 0 Å². The van der Waals surface area contributed by atoms with Crippen molar-refractivity contribution in [1.82, 2.24) is 26.2 Å². The van der Waals surface area contributed by atoms with Gasteiger partial charge in [0.05, 0.1) is 30.3 Å². The standard InChI is InChI=1S/C35H49N5O8/c1-35(2,3)30(39-29(43)19-36-31(44)23-14-8-9-15-24(23)34(47)48)33(46)40-26-16-10-7-13-22(26)17-27(40)32(45)37-18-28(42)38-25(20-41)21-11-5-4-6-12-21/h8-9,14-15,20-22,25-27,30H,4-7,10-13,16-19H2,1-3H3,(H,36,44)(H,37,45)(H,38,42)(H,39,43)(H,47,48). The third-order valence-corrected chi connectivity index (χ3v) is 9.93. The van der Waals surface area contributed by atoms with Gasteiger partial charge in [0, 0.05) is 6.04 Å². The van der Waals surface area contributed by atoms with Gasteiger partial charge in [0.1, 0.15) is 18.4 Å². The summed E-state index contributed by atoms with van der Waals surface area (Å²) < 4.78 is 0. The molecule has 1 aromatic rings. The summed E-state index contributed by atoms with van der Waals surface area (Å²) in [5.74, 6) is -3.84. The number of amides is 5. The Morgan fingerprint density at radius 3 is 2.10 bits per heavy atom. The number of hydrogen-bond acceptors (Lipinski definition) is 7. The second kappa shape index (κ2) is 16.2. The minimum absolute atomic E-state index is 0.0837. The molecular formula is C35H49N5O8. The van der Waals surface area contributed by atoms with Crippen molar-refractivity contribution >= 4 is 41.8 Å². The molecule has 13 nitrogen and oxygen atoms in total. The number of aromatic carboxylic acids is 1. The average molecular weight is 668 g/mol. The summed E-state index contributed by atoms with van der Waals surface area (Å²) >= 11 is 0. The van der Waals surface area contributed by atoms with Crippen molar-refractivity contribution in [1.29, 1.82) is 0 Å². The van der Waals surface area contributed by atoms with Crippen LogP contribution in [0.1, 0.15) is 106 Å². The highest BCUT2D eigenvalue weighted by Crippen LogP contribution is 2.41. The van der Waals surface area contributed by atoms with Crippen LogP contribution in [0, 0.1) is 17.3 Å². The van der Waals surface area contributed by atoms with Crippen LogP contribution in [0.3, 0.4) is 0 Å². The number of rotatable bonds is 12. The Kier molecular flexibility index (Phi) is 12.3. The minimum Gasteiger partial charge on any atom is -0.478 e.